The van der Waals surface area contributed by atoms with Gasteiger partial charge in [0.2, 0.25) is 0 Å². The number of carbonyl (C=O) groups excluding carboxylic acids is 1. The van der Waals surface area contributed by atoms with Gasteiger partial charge in [0.05, 0.1) is 18.8 Å². The Morgan fingerprint density at radius 3 is 2.55 bits per heavy atom. The number of amides is 1. The molecule has 2 saturated heterocycles. The van der Waals surface area contributed by atoms with Gasteiger partial charge in [-0.25, -0.2) is 0 Å². The minimum atomic E-state index is -0.745. The van der Waals surface area contributed by atoms with Gasteiger partial charge in [0.15, 0.2) is 6.10 Å². The third kappa shape index (κ3) is 6.74. The molecule has 5 rings (SSSR count). The summed E-state index contributed by atoms with van der Waals surface area (Å²) < 4.78 is 16.6. The monoisotopic (exact) mass is 494 g/mol. The summed E-state index contributed by atoms with van der Waals surface area (Å²) in [5.41, 5.74) is 0.632. The minimum Gasteiger partial charge on any atom is -0.488 e. The molecule has 178 valence electrons. The van der Waals surface area contributed by atoms with Crippen LogP contribution in [-0.2, 0) is 9.53 Å². The van der Waals surface area contributed by atoms with E-state index in [4.69, 9.17) is 37.4 Å². The first kappa shape index (κ1) is 24.1. The number of halogens is 2. The van der Waals surface area contributed by atoms with Crippen LogP contribution in [0.2, 0.25) is 10.0 Å². The van der Waals surface area contributed by atoms with Gasteiger partial charge >= 0.3 is 0 Å². The molecule has 3 N–H and O–H groups in total. The van der Waals surface area contributed by atoms with E-state index in [0.29, 0.717) is 29.0 Å². The highest BCUT2D eigenvalue weighted by Crippen LogP contribution is 2.36. The maximum absolute atomic E-state index is 12.3. The fraction of sp³-hybridized carbons (Fsp3) is 0.458. The highest BCUT2D eigenvalue weighted by atomic mass is 35.5. The zero-order valence-electron chi connectivity index (χ0n) is 18.1. The summed E-state index contributed by atoms with van der Waals surface area (Å²) in [5.74, 6) is 1.20. The van der Waals surface area contributed by atoms with Crippen molar-refractivity contribution in [3.8, 4) is 11.5 Å². The highest BCUT2D eigenvalue weighted by Gasteiger charge is 2.33. The van der Waals surface area contributed by atoms with E-state index in [1.54, 1.807) is 18.2 Å². The van der Waals surface area contributed by atoms with Crippen molar-refractivity contribution < 1.29 is 24.1 Å². The SMILES string of the molecule is Clc1ccc(OC2CNC2)cc1.O=C(NC1CCCOC1)C1CC(O)c2cc(Cl)ccc2O1. The van der Waals surface area contributed by atoms with E-state index in [9.17, 15) is 9.90 Å². The number of rotatable bonds is 4. The van der Waals surface area contributed by atoms with Crippen LogP contribution in [0.3, 0.4) is 0 Å². The lowest BCUT2D eigenvalue weighted by molar-refractivity contribution is -0.132. The number of benzene rings is 2. The molecule has 3 aliphatic rings. The lowest BCUT2D eigenvalue weighted by atomic mass is 9.98. The van der Waals surface area contributed by atoms with Crippen LogP contribution < -0.4 is 20.1 Å². The Bertz CT molecular complexity index is 933. The summed E-state index contributed by atoms with van der Waals surface area (Å²) in [6, 6.07) is 12.5. The smallest absolute Gasteiger partial charge is 0.261 e. The van der Waals surface area contributed by atoms with Gasteiger partial charge in [0.25, 0.3) is 5.91 Å². The van der Waals surface area contributed by atoms with Crippen molar-refractivity contribution >= 4 is 29.1 Å². The Hall–Kier alpha value is -2.03. The van der Waals surface area contributed by atoms with E-state index < -0.39 is 12.2 Å². The second-order valence-corrected chi connectivity index (χ2v) is 9.19. The maximum atomic E-state index is 12.3. The van der Waals surface area contributed by atoms with E-state index in [0.717, 1.165) is 43.3 Å². The summed E-state index contributed by atoms with van der Waals surface area (Å²) in [4.78, 5) is 12.3. The molecule has 3 heterocycles. The minimum absolute atomic E-state index is 0.0265. The van der Waals surface area contributed by atoms with Crippen LogP contribution in [0.5, 0.6) is 11.5 Å². The molecule has 0 bridgehead atoms. The summed E-state index contributed by atoms with van der Waals surface area (Å²) in [5, 5.41) is 17.5. The van der Waals surface area contributed by atoms with E-state index in [2.05, 4.69) is 10.6 Å². The normalized spacial score (nSPS) is 24.3. The fourth-order valence-corrected chi connectivity index (χ4v) is 4.09. The Morgan fingerprint density at radius 2 is 1.88 bits per heavy atom. The topological polar surface area (TPSA) is 89.1 Å². The Labute approximate surface area is 203 Å². The molecule has 0 spiro atoms. The molecule has 9 heteroatoms. The predicted octanol–water partition coefficient (Wildman–Crippen LogP) is 3.51. The second-order valence-electron chi connectivity index (χ2n) is 8.31. The van der Waals surface area contributed by atoms with Crippen LogP contribution >= 0.6 is 23.2 Å². The highest BCUT2D eigenvalue weighted by molar-refractivity contribution is 6.30. The van der Waals surface area contributed by atoms with Crippen molar-refractivity contribution in [1.29, 1.82) is 0 Å². The van der Waals surface area contributed by atoms with Crippen LogP contribution in [0.15, 0.2) is 42.5 Å². The molecule has 7 nitrogen and oxygen atoms in total. The van der Waals surface area contributed by atoms with Gasteiger partial charge in [0, 0.05) is 41.7 Å². The molecule has 0 saturated carbocycles. The van der Waals surface area contributed by atoms with Crippen LogP contribution in [0.25, 0.3) is 0 Å². The third-order valence-corrected chi connectivity index (χ3v) is 6.18. The average Bonchev–Trinajstić information content (AvgIpc) is 2.79. The van der Waals surface area contributed by atoms with E-state index in [1.807, 2.05) is 24.3 Å². The zero-order valence-corrected chi connectivity index (χ0v) is 19.6. The molecule has 0 radical (unpaired) electrons. The second kappa shape index (κ2) is 11.4. The van der Waals surface area contributed by atoms with Crippen molar-refractivity contribution in [1.82, 2.24) is 10.6 Å². The Morgan fingerprint density at radius 1 is 1.12 bits per heavy atom. The molecule has 2 fully saturated rings. The summed E-state index contributed by atoms with van der Waals surface area (Å²) in [7, 11) is 0. The summed E-state index contributed by atoms with van der Waals surface area (Å²) >= 11 is 11.6. The zero-order chi connectivity index (χ0) is 23.2. The van der Waals surface area contributed by atoms with Gasteiger partial charge < -0.3 is 30.0 Å². The van der Waals surface area contributed by atoms with Crippen molar-refractivity contribution in [2.45, 2.75) is 43.6 Å². The number of ether oxygens (including phenoxy) is 3. The molecular weight excluding hydrogens is 467 g/mol. The van der Waals surface area contributed by atoms with Crippen LogP contribution in [0.4, 0.5) is 0 Å². The molecule has 3 aliphatic heterocycles. The third-order valence-electron chi connectivity index (χ3n) is 5.70. The van der Waals surface area contributed by atoms with Gasteiger partial charge in [-0.3, -0.25) is 4.79 Å². The number of fused-ring (bicyclic) bond motifs is 1. The summed E-state index contributed by atoms with van der Waals surface area (Å²) in [6.07, 6.45) is 0.994. The van der Waals surface area contributed by atoms with Crippen molar-refractivity contribution in [3.05, 3.63) is 58.1 Å². The van der Waals surface area contributed by atoms with Crippen LogP contribution in [-0.4, -0.2) is 55.6 Å². The number of aliphatic hydroxyl groups excluding tert-OH is 1. The van der Waals surface area contributed by atoms with Crippen molar-refractivity contribution in [3.63, 3.8) is 0 Å². The standard InChI is InChI=1S/C15H18ClNO4.C9H10ClNO/c16-9-3-4-13-11(6-9)12(18)7-14(21-13)15(19)17-10-2-1-5-20-8-10;10-7-1-3-8(4-2-7)12-9-5-11-6-9/h3-4,6,10,12,14,18H,1-2,5,7-8H2,(H,17,19);1-4,9,11H,5-6H2. The molecule has 2 aromatic carbocycles. The Balaban J connectivity index is 0.000000183. The van der Waals surface area contributed by atoms with Crippen molar-refractivity contribution in [2.24, 2.45) is 0 Å². The van der Waals surface area contributed by atoms with Gasteiger partial charge in [-0.05, 0) is 55.3 Å². The predicted molar refractivity (Wildman–Crippen MR) is 126 cm³/mol. The van der Waals surface area contributed by atoms with Gasteiger partial charge in [0.1, 0.15) is 17.6 Å². The number of hydrogen-bond donors (Lipinski definition) is 3. The van der Waals surface area contributed by atoms with E-state index >= 15 is 0 Å². The first-order valence-corrected chi connectivity index (χ1v) is 11.9. The van der Waals surface area contributed by atoms with Crippen LogP contribution in [0, 0.1) is 0 Å². The molecule has 1 amide bonds. The van der Waals surface area contributed by atoms with Gasteiger partial charge in [-0.2, -0.15) is 0 Å². The average molecular weight is 495 g/mol. The molecular formula is C24H28Cl2N2O5. The Kier molecular flexibility index (Phi) is 8.33. The number of carbonyl (C=O) groups is 1. The number of aliphatic hydroxyl groups is 1. The maximum Gasteiger partial charge on any atom is 0.261 e. The number of nitrogens with one attached hydrogen (secondary N) is 2. The number of hydrogen-bond acceptors (Lipinski definition) is 6. The largest absolute Gasteiger partial charge is 0.488 e. The summed E-state index contributed by atoms with van der Waals surface area (Å²) in [6.45, 7) is 3.18. The fourth-order valence-electron chi connectivity index (χ4n) is 3.78. The van der Waals surface area contributed by atoms with Gasteiger partial charge in [-0.1, -0.05) is 23.2 Å². The quantitative estimate of drug-likeness (QED) is 0.602. The molecule has 3 atom stereocenters. The molecule has 0 aliphatic carbocycles. The molecule has 2 aromatic rings. The van der Waals surface area contributed by atoms with E-state index in [-0.39, 0.29) is 18.4 Å². The van der Waals surface area contributed by atoms with E-state index in [1.165, 1.54) is 0 Å². The van der Waals surface area contributed by atoms with Crippen molar-refractivity contribution in [2.75, 3.05) is 26.3 Å². The lowest BCUT2D eigenvalue weighted by Crippen LogP contribution is -2.50. The molecule has 3 unspecified atom stereocenters. The first-order valence-electron chi connectivity index (χ1n) is 11.1. The molecule has 0 aromatic heterocycles. The van der Waals surface area contributed by atoms with Crippen LogP contribution in [0.1, 0.15) is 30.9 Å². The lowest BCUT2D eigenvalue weighted by Gasteiger charge is -2.31. The molecule has 33 heavy (non-hydrogen) atoms. The van der Waals surface area contributed by atoms with Gasteiger partial charge in [-0.15, -0.1) is 0 Å². The first-order chi connectivity index (χ1) is 16.0.